The fraction of sp³-hybridized carbons (Fsp3) is 0.231. The van der Waals surface area contributed by atoms with Gasteiger partial charge >= 0.3 is 0 Å². The van der Waals surface area contributed by atoms with Crippen molar-refractivity contribution >= 4 is 50.4 Å². The Bertz CT molecular complexity index is 568. The molecule has 2 aromatic rings. The molecule has 0 aliphatic carbocycles. The lowest BCUT2D eigenvalue weighted by atomic mass is 10.2. The second-order valence-corrected chi connectivity index (χ2v) is 7.28. The van der Waals surface area contributed by atoms with Gasteiger partial charge in [-0.05, 0) is 40.2 Å². The van der Waals surface area contributed by atoms with E-state index < -0.39 is 0 Å². The van der Waals surface area contributed by atoms with Gasteiger partial charge in [-0.15, -0.1) is 23.1 Å². The van der Waals surface area contributed by atoms with Crippen molar-refractivity contribution in [3.05, 3.63) is 39.0 Å². The third-order valence-electron chi connectivity index (χ3n) is 2.91. The summed E-state index contributed by atoms with van der Waals surface area (Å²) in [5.41, 5.74) is 8.02. The molecule has 0 saturated heterocycles. The van der Waals surface area contributed by atoms with Crippen LogP contribution in [0.5, 0.6) is 0 Å². The van der Waals surface area contributed by atoms with Gasteiger partial charge in [0.25, 0.3) is 0 Å². The number of hydrogen-bond acceptors (Lipinski definition) is 4. The summed E-state index contributed by atoms with van der Waals surface area (Å²) in [6.07, 6.45) is 0. The van der Waals surface area contributed by atoms with Gasteiger partial charge in [0.05, 0.1) is 12.2 Å². The molecule has 1 aliphatic rings. The van der Waals surface area contributed by atoms with Crippen molar-refractivity contribution in [1.29, 1.82) is 0 Å². The fourth-order valence-electron chi connectivity index (χ4n) is 2.08. The van der Waals surface area contributed by atoms with Gasteiger partial charge < -0.3 is 10.6 Å². The van der Waals surface area contributed by atoms with Crippen molar-refractivity contribution in [2.24, 2.45) is 0 Å². The molecule has 0 fully saturated rings. The monoisotopic (exact) mass is 340 g/mol. The molecule has 0 saturated carbocycles. The quantitative estimate of drug-likeness (QED) is 0.830. The van der Waals surface area contributed by atoms with Crippen LogP contribution in [-0.4, -0.2) is 12.3 Å². The minimum absolute atomic E-state index is 0.841. The molecule has 0 bridgehead atoms. The lowest BCUT2D eigenvalue weighted by Crippen LogP contribution is -2.28. The number of anilines is 2. The van der Waals surface area contributed by atoms with Gasteiger partial charge in [-0.2, -0.15) is 0 Å². The molecule has 2 nitrogen and oxygen atoms in total. The van der Waals surface area contributed by atoms with E-state index in [1.807, 2.05) is 17.8 Å². The van der Waals surface area contributed by atoms with E-state index in [1.54, 1.807) is 11.3 Å². The second-order valence-electron chi connectivity index (χ2n) is 4.23. The number of nitrogens with zero attached hydrogens (tertiary/aromatic N) is 1. The maximum atomic E-state index is 5.90. The van der Waals surface area contributed by atoms with Gasteiger partial charge in [-0.3, -0.25) is 0 Å². The molecule has 5 heteroatoms. The lowest BCUT2D eigenvalue weighted by Gasteiger charge is -2.30. The first kappa shape index (κ1) is 12.4. The molecular formula is C13H13BrN2S2. The summed E-state index contributed by atoms with van der Waals surface area (Å²) in [4.78, 5) is 5.13. The summed E-state index contributed by atoms with van der Waals surface area (Å²) in [5.74, 6) is 1.14. The van der Waals surface area contributed by atoms with Crippen LogP contribution in [0.4, 0.5) is 11.4 Å². The molecule has 94 valence electrons. The van der Waals surface area contributed by atoms with Crippen LogP contribution in [0.3, 0.4) is 0 Å². The molecule has 0 radical (unpaired) electrons. The molecule has 0 spiro atoms. The third kappa shape index (κ3) is 2.53. The number of nitrogen functional groups attached to an aromatic ring is 1. The Morgan fingerprint density at radius 1 is 1.33 bits per heavy atom. The van der Waals surface area contributed by atoms with Crippen molar-refractivity contribution in [2.75, 3.05) is 22.9 Å². The van der Waals surface area contributed by atoms with E-state index >= 15 is 0 Å². The van der Waals surface area contributed by atoms with E-state index in [-0.39, 0.29) is 0 Å². The smallest absolute Gasteiger partial charge is 0.0528 e. The normalized spacial score (nSPS) is 14.6. The van der Waals surface area contributed by atoms with E-state index in [0.29, 0.717) is 0 Å². The molecule has 0 unspecified atom stereocenters. The number of benzene rings is 1. The summed E-state index contributed by atoms with van der Waals surface area (Å²) in [6.45, 7) is 2.05. The molecule has 2 N–H and O–H groups in total. The zero-order valence-corrected chi connectivity index (χ0v) is 12.9. The number of halogens is 1. The highest BCUT2D eigenvalue weighted by Gasteiger charge is 2.18. The van der Waals surface area contributed by atoms with Crippen LogP contribution in [0.25, 0.3) is 0 Å². The first-order valence-corrected chi connectivity index (χ1v) is 8.38. The summed E-state index contributed by atoms with van der Waals surface area (Å²) >= 11 is 7.22. The number of hydrogen-bond donors (Lipinski definition) is 1. The van der Waals surface area contributed by atoms with Crippen molar-refractivity contribution < 1.29 is 0 Å². The largest absolute Gasteiger partial charge is 0.399 e. The Morgan fingerprint density at radius 2 is 2.22 bits per heavy atom. The third-order valence-corrected chi connectivity index (χ3v) is 5.64. The van der Waals surface area contributed by atoms with Gasteiger partial charge in [0.2, 0.25) is 0 Å². The van der Waals surface area contributed by atoms with E-state index in [9.17, 15) is 0 Å². The Kier molecular flexibility index (Phi) is 3.54. The van der Waals surface area contributed by atoms with Crippen molar-refractivity contribution in [3.63, 3.8) is 0 Å². The number of rotatable bonds is 2. The highest BCUT2D eigenvalue weighted by Crippen LogP contribution is 2.37. The van der Waals surface area contributed by atoms with Crippen molar-refractivity contribution in [3.8, 4) is 0 Å². The Labute approximate surface area is 123 Å². The second kappa shape index (κ2) is 5.15. The molecular weight excluding hydrogens is 328 g/mol. The SMILES string of the molecule is Nc1ccc2c(c1)N(Cc1cc(Br)cs1)CCS2. The predicted octanol–water partition coefficient (Wildman–Crippen LogP) is 4.21. The predicted molar refractivity (Wildman–Crippen MR) is 84.6 cm³/mol. The number of thioether (sulfide) groups is 1. The highest BCUT2D eigenvalue weighted by molar-refractivity contribution is 9.10. The van der Waals surface area contributed by atoms with Crippen LogP contribution < -0.4 is 10.6 Å². The van der Waals surface area contributed by atoms with Gasteiger partial charge in [-0.25, -0.2) is 0 Å². The first-order valence-electron chi connectivity index (χ1n) is 5.72. The Balaban J connectivity index is 1.88. The number of nitrogens with two attached hydrogens (primary N) is 1. The molecule has 1 aliphatic heterocycles. The van der Waals surface area contributed by atoms with Gasteiger partial charge in [0.15, 0.2) is 0 Å². The van der Waals surface area contributed by atoms with Crippen LogP contribution in [-0.2, 0) is 6.54 Å². The summed E-state index contributed by atoms with van der Waals surface area (Å²) in [7, 11) is 0. The minimum Gasteiger partial charge on any atom is -0.399 e. The topological polar surface area (TPSA) is 29.3 Å². The average molecular weight is 341 g/mol. The molecule has 0 amide bonds. The fourth-order valence-corrected chi connectivity index (χ4v) is 4.58. The molecule has 2 heterocycles. The van der Waals surface area contributed by atoms with Gasteiger partial charge in [0.1, 0.15) is 0 Å². The molecule has 18 heavy (non-hydrogen) atoms. The highest BCUT2D eigenvalue weighted by atomic mass is 79.9. The van der Waals surface area contributed by atoms with Crippen LogP contribution in [0, 0.1) is 0 Å². The van der Waals surface area contributed by atoms with Crippen LogP contribution in [0.1, 0.15) is 4.88 Å². The number of fused-ring (bicyclic) bond motifs is 1. The molecule has 0 atom stereocenters. The van der Waals surface area contributed by atoms with Crippen LogP contribution in [0.15, 0.2) is 39.0 Å². The first-order chi connectivity index (χ1) is 8.72. The summed E-state index contributed by atoms with van der Waals surface area (Å²) in [6, 6.07) is 8.39. The van der Waals surface area contributed by atoms with E-state index in [1.165, 1.54) is 19.9 Å². The van der Waals surface area contributed by atoms with Gasteiger partial charge in [-0.1, -0.05) is 0 Å². The molecule has 3 rings (SSSR count). The van der Waals surface area contributed by atoms with Crippen molar-refractivity contribution in [1.82, 2.24) is 0 Å². The standard InChI is InChI=1S/C13H13BrN2S2/c14-9-5-11(18-8-9)7-16-3-4-17-13-2-1-10(15)6-12(13)16/h1-2,5-6,8H,3-4,7,15H2. The number of thiophene rings is 1. The van der Waals surface area contributed by atoms with E-state index in [2.05, 4.69) is 44.4 Å². The van der Waals surface area contributed by atoms with Crippen LogP contribution in [0.2, 0.25) is 0 Å². The zero-order valence-electron chi connectivity index (χ0n) is 9.73. The van der Waals surface area contributed by atoms with Crippen LogP contribution >= 0.6 is 39.0 Å². The summed E-state index contributed by atoms with van der Waals surface area (Å²) < 4.78 is 1.17. The minimum atomic E-state index is 0.841. The summed E-state index contributed by atoms with van der Waals surface area (Å²) in [5, 5.41) is 2.13. The van der Waals surface area contributed by atoms with E-state index in [4.69, 9.17) is 5.73 Å². The Morgan fingerprint density at radius 3 is 3.00 bits per heavy atom. The zero-order chi connectivity index (χ0) is 12.5. The maximum Gasteiger partial charge on any atom is 0.0528 e. The molecule has 1 aromatic heterocycles. The van der Waals surface area contributed by atoms with Crippen molar-refractivity contribution in [2.45, 2.75) is 11.4 Å². The van der Waals surface area contributed by atoms with E-state index in [0.717, 1.165) is 24.5 Å². The maximum absolute atomic E-state index is 5.90. The Hall–Kier alpha value is -0.650. The lowest BCUT2D eigenvalue weighted by molar-refractivity contribution is 0.827. The van der Waals surface area contributed by atoms with Gasteiger partial charge in [0, 0.05) is 37.6 Å². The molecule has 1 aromatic carbocycles. The average Bonchev–Trinajstić information content (AvgIpc) is 2.76.